The van der Waals surface area contributed by atoms with Gasteiger partial charge in [-0.15, -0.1) is 6.58 Å². The molecule has 2 atom stereocenters. The Morgan fingerprint density at radius 2 is 2.02 bits per heavy atom. The van der Waals surface area contributed by atoms with Crippen molar-refractivity contribution >= 4 is 38.8 Å². The summed E-state index contributed by atoms with van der Waals surface area (Å²) in [5.74, 6) is 0.151. The molecule has 0 saturated heterocycles. The van der Waals surface area contributed by atoms with Crippen molar-refractivity contribution in [3.63, 3.8) is 0 Å². The summed E-state index contributed by atoms with van der Waals surface area (Å²) in [5.41, 5.74) is 1.26. The highest BCUT2D eigenvalue weighted by atomic mass is 79.9. The summed E-state index contributed by atoms with van der Waals surface area (Å²) in [5, 5.41) is 3.19. The lowest BCUT2D eigenvalue weighted by atomic mass is 9.98. The van der Waals surface area contributed by atoms with Crippen molar-refractivity contribution in [2.24, 2.45) is 7.05 Å². The van der Waals surface area contributed by atoms with Gasteiger partial charge in [0.2, 0.25) is 5.95 Å². The zero-order valence-electron chi connectivity index (χ0n) is 23.3. The van der Waals surface area contributed by atoms with E-state index in [-0.39, 0.29) is 40.6 Å². The number of aromatic nitrogens is 4. The molecular weight excluding hydrogens is 617 g/mol. The van der Waals surface area contributed by atoms with Crippen molar-refractivity contribution in [1.29, 1.82) is 0 Å². The largest absolute Gasteiger partial charge is 0.494 e. The zero-order valence-corrected chi connectivity index (χ0v) is 24.9. The molecule has 0 saturated carbocycles. The Kier molecular flexibility index (Phi) is 7.64. The average Bonchev–Trinajstić information content (AvgIpc) is 3.32. The Morgan fingerprint density at radius 1 is 1.29 bits per heavy atom. The van der Waals surface area contributed by atoms with Crippen LogP contribution in [0.3, 0.4) is 0 Å². The van der Waals surface area contributed by atoms with Gasteiger partial charge in [-0.05, 0) is 44.5 Å². The Balaban J connectivity index is 1.61. The first-order valence-corrected chi connectivity index (χ1v) is 13.8. The smallest absolute Gasteiger partial charge is 0.417 e. The number of anilines is 1. The summed E-state index contributed by atoms with van der Waals surface area (Å²) in [7, 11) is 3.38. The minimum atomic E-state index is -4.63. The van der Waals surface area contributed by atoms with Crippen LogP contribution in [0.1, 0.15) is 41.0 Å². The number of amides is 1. The standard InChI is InChI=1S/C29H28BrF3N6O3/c1-6-15(2)35-28-36-23-13-38(26(40)17-7-8-21(30)20(10-17)29(31,32)33)16(3)9-19(23)27(41)39(28)18-11-22-25(24(12-18)42-5)37(4)14-34-22/h6-8,10-12,14-16H,1,9,13H2,2-5H3,(H,35,36)/t15-,16+/m0/s1. The Hall–Kier alpha value is -4.13. The molecular formula is C29H28BrF3N6O3. The zero-order chi connectivity index (χ0) is 30.5. The molecule has 5 rings (SSSR count). The highest BCUT2D eigenvalue weighted by Gasteiger charge is 2.36. The Labute approximate surface area is 247 Å². The van der Waals surface area contributed by atoms with Gasteiger partial charge in [0.25, 0.3) is 11.5 Å². The van der Waals surface area contributed by atoms with Crippen molar-refractivity contribution in [3.8, 4) is 11.4 Å². The van der Waals surface area contributed by atoms with Crippen molar-refractivity contribution < 1.29 is 22.7 Å². The van der Waals surface area contributed by atoms with E-state index >= 15 is 0 Å². The maximum atomic E-state index is 14.1. The molecule has 2 aromatic heterocycles. The summed E-state index contributed by atoms with van der Waals surface area (Å²) >= 11 is 2.92. The molecule has 0 unspecified atom stereocenters. The van der Waals surface area contributed by atoms with Crippen LogP contribution in [0.4, 0.5) is 19.1 Å². The number of methoxy groups -OCH3 is 1. The topological polar surface area (TPSA) is 94.3 Å². The van der Waals surface area contributed by atoms with E-state index in [1.807, 2.05) is 18.5 Å². The van der Waals surface area contributed by atoms with Crippen LogP contribution in [-0.4, -0.2) is 49.1 Å². The van der Waals surface area contributed by atoms with Gasteiger partial charge in [0.1, 0.15) is 11.3 Å². The van der Waals surface area contributed by atoms with Gasteiger partial charge < -0.3 is 19.5 Å². The second kappa shape index (κ2) is 10.9. The summed E-state index contributed by atoms with van der Waals surface area (Å²) in [6.45, 7) is 7.35. The van der Waals surface area contributed by atoms with E-state index in [1.54, 1.807) is 31.5 Å². The van der Waals surface area contributed by atoms with Crippen LogP contribution in [0.15, 0.2) is 58.6 Å². The molecule has 42 heavy (non-hydrogen) atoms. The number of hydrogen-bond acceptors (Lipinski definition) is 6. The number of imidazole rings is 1. The van der Waals surface area contributed by atoms with Crippen LogP contribution in [-0.2, 0) is 26.2 Å². The number of aryl methyl sites for hydroxylation is 1. The first-order valence-electron chi connectivity index (χ1n) is 13.0. The molecule has 0 fully saturated rings. The second-order valence-electron chi connectivity index (χ2n) is 10.2. The van der Waals surface area contributed by atoms with E-state index in [0.29, 0.717) is 28.2 Å². The summed E-state index contributed by atoms with van der Waals surface area (Å²) < 4.78 is 49.3. The third-order valence-corrected chi connectivity index (χ3v) is 8.04. The third kappa shape index (κ3) is 5.17. The van der Waals surface area contributed by atoms with Crippen LogP contribution in [0, 0.1) is 0 Å². The van der Waals surface area contributed by atoms with E-state index in [0.717, 1.165) is 11.6 Å². The Bertz CT molecular complexity index is 1780. The number of carbonyl (C=O) groups excluding carboxylic acids is 1. The fourth-order valence-corrected chi connectivity index (χ4v) is 5.57. The van der Waals surface area contributed by atoms with Crippen LogP contribution < -0.4 is 15.6 Å². The van der Waals surface area contributed by atoms with Crippen LogP contribution in [0.25, 0.3) is 16.7 Å². The molecule has 4 aromatic rings. The van der Waals surface area contributed by atoms with Crippen molar-refractivity contribution in [2.45, 2.75) is 45.1 Å². The SMILES string of the molecule is C=C[C@H](C)Nc1nc2c(c(=O)n1-c1cc(OC)c3c(c1)ncn3C)C[C@@H](C)N(C(=O)c1ccc(Br)c(C(F)(F)F)c1)C2. The van der Waals surface area contributed by atoms with Crippen molar-refractivity contribution in [2.75, 3.05) is 12.4 Å². The van der Waals surface area contributed by atoms with E-state index < -0.39 is 23.7 Å². The number of carbonyl (C=O) groups is 1. The summed E-state index contributed by atoms with van der Waals surface area (Å²) in [6.07, 6.45) is -1.16. The molecule has 0 aliphatic carbocycles. The highest BCUT2D eigenvalue weighted by Crippen LogP contribution is 2.36. The minimum Gasteiger partial charge on any atom is -0.494 e. The number of nitrogens with one attached hydrogen (secondary N) is 1. The number of ether oxygens (including phenoxy) is 1. The van der Waals surface area contributed by atoms with E-state index in [1.165, 1.54) is 28.7 Å². The quantitative estimate of drug-likeness (QED) is 0.279. The number of hydrogen-bond donors (Lipinski definition) is 1. The first kappa shape index (κ1) is 29.4. The van der Waals surface area contributed by atoms with Gasteiger partial charge >= 0.3 is 6.18 Å². The maximum Gasteiger partial charge on any atom is 0.417 e. The van der Waals surface area contributed by atoms with Crippen LogP contribution in [0.5, 0.6) is 5.75 Å². The number of rotatable bonds is 6. The lowest BCUT2D eigenvalue weighted by Crippen LogP contribution is -2.46. The molecule has 1 amide bonds. The number of halogens is 4. The molecule has 1 N–H and O–H groups in total. The Morgan fingerprint density at radius 3 is 2.69 bits per heavy atom. The fourth-order valence-electron chi connectivity index (χ4n) is 5.09. The number of benzene rings is 2. The second-order valence-corrected chi connectivity index (χ2v) is 11.1. The van der Waals surface area contributed by atoms with E-state index in [9.17, 15) is 22.8 Å². The van der Waals surface area contributed by atoms with Crippen molar-refractivity contribution in [1.82, 2.24) is 24.0 Å². The van der Waals surface area contributed by atoms with Crippen molar-refractivity contribution in [3.05, 3.63) is 86.5 Å². The minimum absolute atomic E-state index is 0.0530. The lowest BCUT2D eigenvalue weighted by Gasteiger charge is -2.35. The normalized spacial score (nSPS) is 15.8. The van der Waals surface area contributed by atoms with E-state index in [2.05, 4.69) is 32.8 Å². The van der Waals surface area contributed by atoms with Crippen LogP contribution in [0.2, 0.25) is 0 Å². The highest BCUT2D eigenvalue weighted by molar-refractivity contribution is 9.10. The molecule has 9 nitrogen and oxygen atoms in total. The number of fused-ring (bicyclic) bond motifs is 2. The van der Waals surface area contributed by atoms with Gasteiger partial charge in [-0.25, -0.2) is 14.5 Å². The molecule has 0 spiro atoms. The molecule has 1 aliphatic rings. The summed E-state index contributed by atoms with van der Waals surface area (Å²) in [6, 6.07) is 6.13. The van der Waals surface area contributed by atoms with Gasteiger partial charge in [-0.2, -0.15) is 13.2 Å². The maximum absolute atomic E-state index is 14.1. The van der Waals surface area contributed by atoms with Crippen LogP contribution >= 0.6 is 15.9 Å². The number of nitrogens with zero attached hydrogens (tertiary/aromatic N) is 5. The fraction of sp³-hybridized carbons (Fsp3) is 0.310. The molecule has 3 heterocycles. The monoisotopic (exact) mass is 644 g/mol. The molecule has 1 aliphatic heterocycles. The van der Waals surface area contributed by atoms with E-state index in [4.69, 9.17) is 9.72 Å². The molecule has 0 radical (unpaired) electrons. The van der Waals surface area contributed by atoms with Gasteiger partial charge in [0.05, 0.1) is 42.4 Å². The van der Waals surface area contributed by atoms with Gasteiger partial charge in [0.15, 0.2) is 0 Å². The number of alkyl halides is 3. The molecule has 2 aromatic carbocycles. The molecule has 0 bridgehead atoms. The first-order chi connectivity index (χ1) is 19.8. The third-order valence-electron chi connectivity index (χ3n) is 7.34. The van der Waals surface area contributed by atoms with Gasteiger partial charge in [-0.1, -0.05) is 22.0 Å². The van der Waals surface area contributed by atoms with Gasteiger partial charge in [-0.3, -0.25) is 9.59 Å². The van der Waals surface area contributed by atoms with Gasteiger partial charge in [0, 0.05) is 40.8 Å². The average molecular weight is 645 g/mol. The predicted molar refractivity (Wildman–Crippen MR) is 156 cm³/mol. The molecule has 13 heteroatoms. The summed E-state index contributed by atoms with van der Waals surface area (Å²) in [4.78, 5) is 38.2. The predicted octanol–water partition coefficient (Wildman–Crippen LogP) is 5.48. The lowest BCUT2D eigenvalue weighted by molar-refractivity contribution is -0.138. The molecule has 220 valence electrons.